The van der Waals surface area contributed by atoms with Gasteiger partial charge >= 0.3 is 6.18 Å². The molecule has 0 saturated carbocycles. The van der Waals surface area contributed by atoms with Gasteiger partial charge in [-0.1, -0.05) is 28.4 Å². The van der Waals surface area contributed by atoms with Crippen molar-refractivity contribution in [3.8, 4) is 5.69 Å². The van der Waals surface area contributed by atoms with Crippen molar-refractivity contribution in [1.29, 1.82) is 0 Å². The lowest BCUT2D eigenvalue weighted by molar-refractivity contribution is -0.688. The van der Waals surface area contributed by atoms with Crippen LogP contribution in [0.1, 0.15) is 11.3 Å². The summed E-state index contributed by atoms with van der Waals surface area (Å²) in [5, 5.41) is 25.5. The molecule has 1 aromatic heterocycles. The Balaban J connectivity index is 2.60. The van der Waals surface area contributed by atoms with Crippen molar-refractivity contribution in [3.05, 3.63) is 44.8 Å². The maximum absolute atomic E-state index is 12.6. The van der Waals surface area contributed by atoms with Gasteiger partial charge < -0.3 is 10.4 Å². The molecule has 0 unspecified atom stereocenters. The Hall–Kier alpha value is -2.00. The summed E-state index contributed by atoms with van der Waals surface area (Å²) in [5.74, 6) is 0. The van der Waals surface area contributed by atoms with Gasteiger partial charge in [0.2, 0.25) is 0 Å². The number of hydrogen-bond donors (Lipinski definition) is 1. The Morgan fingerprint density at radius 1 is 1.33 bits per heavy atom. The molecule has 0 aliphatic heterocycles. The molecule has 0 amide bonds. The molecule has 2 aromatic rings. The summed E-state index contributed by atoms with van der Waals surface area (Å²) >= 11 is 11.5. The quantitative estimate of drug-likeness (QED) is 0.300. The van der Waals surface area contributed by atoms with Crippen molar-refractivity contribution in [1.82, 2.24) is 9.90 Å². The van der Waals surface area contributed by atoms with Gasteiger partial charge in [-0.2, -0.15) is 18.0 Å². The molecule has 6 nitrogen and oxygen atoms in total. The van der Waals surface area contributed by atoms with Gasteiger partial charge in [0.1, 0.15) is 6.21 Å². The molecule has 0 atom stereocenters. The molecule has 1 aromatic carbocycles. The predicted molar refractivity (Wildman–Crippen MR) is 66.9 cm³/mol. The number of halogens is 5. The molecule has 11 heteroatoms. The lowest BCUT2D eigenvalue weighted by atomic mass is 10.2. The second-order valence-corrected chi connectivity index (χ2v) is 4.59. The Morgan fingerprint density at radius 3 is 2.38 bits per heavy atom. The minimum atomic E-state index is -4.63. The highest BCUT2D eigenvalue weighted by atomic mass is 35.5. The first kappa shape index (κ1) is 15.4. The minimum Gasteiger partial charge on any atom is -0.692 e. The van der Waals surface area contributed by atoms with E-state index in [2.05, 4.69) is 10.3 Å². The summed E-state index contributed by atoms with van der Waals surface area (Å²) in [7, 11) is 0. The topological polar surface area (TPSA) is 77.3 Å². The number of aromatic nitrogens is 3. The largest absolute Gasteiger partial charge is 0.692 e. The van der Waals surface area contributed by atoms with Crippen LogP contribution in [-0.2, 0) is 6.18 Å². The number of nitrogens with zero attached hydrogens (tertiary/aromatic N) is 4. The van der Waals surface area contributed by atoms with Crippen LogP contribution in [0.4, 0.5) is 13.2 Å². The SMILES string of the molecule is [O-][n+]1cc(/C=N/O)nn1-c1c(Cl)cc(C(F)(F)F)cc1Cl. The van der Waals surface area contributed by atoms with E-state index in [-0.39, 0.29) is 16.2 Å². The van der Waals surface area contributed by atoms with Crippen molar-refractivity contribution in [2.45, 2.75) is 6.18 Å². The van der Waals surface area contributed by atoms with E-state index in [1.165, 1.54) is 0 Å². The zero-order chi connectivity index (χ0) is 15.8. The molecule has 0 bridgehead atoms. The van der Waals surface area contributed by atoms with E-state index in [9.17, 15) is 18.4 Å². The summed E-state index contributed by atoms with van der Waals surface area (Å²) in [6, 6.07) is 1.26. The predicted octanol–water partition coefficient (Wildman–Crippen LogP) is 2.64. The van der Waals surface area contributed by atoms with E-state index >= 15 is 0 Å². The first-order valence-electron chi connectivity index (χ1n) is 5.17. The van der Waals surface area contributed by atoms with E-state index in [0.717, 1.165) is 12.4 Å². The molecule has 0 aliphatic carbocycles. The van der Waals surface area contributed by atoms with Gasteiger partial charge in [0.25, 0.3) is 5.69 Å². The molecule has 1 heterocycles. The van der Waals surface area contributed by atoms with E-state index < -0.39 is 21.8 Å². The first-order chi connectivity index (χ1) is 9.74. The van der Waals surface area contributed by atoms with Gasteiger partial charge in [0, 0.05) is 0 Å². The zero-order valence-corrected chi connectivity index (χ0v) is 11.4. The summed E-state index contributed by atoms with van der Waals surface area (Å²) in [6.45, 7) is 0. The number of benzene rings is 1. The molecule has 0 radical (unpaired) electrons. The van der Waals surface area contributed by atoms with Gasteiger partial charge in [0.05, 0.1) is 20.7 Å². The maximum Gasteiger partial charge on any atom is 0.416 e. The van der Waals surface area contributed by atoms with Crippen molar-refractivity contribution < 1.29 is 23.2 Å². The van der Waals surface area contributed by atoms with Crippen LogP contribution in [0.2, 0.25) is 10.0 Å². The minimum absolute atomic E-state index is 0.0421. The smallest absolute Gasteiger partial charge is 0.416 e. The molecule has 112 valence electrons. The highest BCUT2D eigenvalue weighted by Gasteiger charge is 2.33. The van der Waals surface area contributed by atoms with Gasteiger partial charge in [0.15, 0.2) is 11.9 Å². The van der Waals surface area contributed by atoms with Crippen LogP contribution in [0.15, 0.2) is 23.5 Å². The van der Waals surface area contributed by atoms with Crippen molar-refractivity contribution in [2.24, 2.45) is 5.16 Å². The first-order valence-corrected chi connectivity index (χ1v) is 5.93. The lowest BCUT2D eigenvalue weighted by Crippen LogP contribution is -2.36. The van der Waals surface area contributed by atoms with E-state index in [0.29, 0.717) is 16.9 Å². The molecule has 2 rings (SSSR count). The van der Waals surface area contributed by atoms with Crippen LogP contribution >= 0.6 is 23.2 Å². The standard InChI is InChI=1S/C10H5Cl2F3N4O2/c11-7-1-5(10(13,14)15)2-8(12)9(7)19-17-6(3-16-20)4-18(19)21/h1-4,20H/b16-3+. The molecular formula is C10H5Cl2F3N4O2. The van der Waals surface area contributed by atoms with E-state index in [1.807, 2.05) is 0 Å². The monoisotopic (exact) mass is 340 g/mol. The van der Waals surface area contributed by atoms with Crippen LogP contribution in [0.5, 0.6) is 0 Å². The average Bonchev–Trinajstić information content (AvgIpc) is 2.69. The Kier molecular flexibility index (Phi) is 3.97. The molecule has 1 N–H and O–H groups in total. The Bertz CT molecular complexity index is 692. The molecule has 0 saturated heterocycles. The molecule has 0 aliphatic rings. The van der Waals surface area contributed by atoms with Crippen molar-refractivity contribution >= 4 is 29.4 Å². The van der Waals surface area contributed by atoms with Gasteiger partial charge in [-0.05, 0) is 16.9 Å². The van der Waals surface area contributed by atoms with Gasteiger partial charge in [-0.3, -0.25) is 0 Å². The van der Waals surface area contributed by atoms with Crippen LogP contribution < -0.4 is 4.85 Å². The third kappa shape index (κ3) is 3.03. The number of alkyl halides is 3. The number of oxime groups is 1. The summed E-state index contributed by atoms with van der Waals surface area (Å²) < 4.78 is 37.8. The Labute approximate surface area is 125 Å². The second kappa shape index (κ2) is 5.41. The fourth-order valence-electron chi connectivity index (χ4n) is 1.53. The van der Waals surface area contributed by atoms with E-state index in [1.54, 1.807) is 0 Å². The summed E-state index contributed by atoms with van der Waals surface area (Å²) in [5.41, 5.74) is -1.32. The Morgan fingerprint density at radius 2 is 1.90 bits per heavy atom. The van der Waals surface area contributed by atoms with Crippen LogP contribution in [0, 0.1) is 5.21 Å². The number of hydrogen-bond acceptors (Lipinski definition) is 4. The highest BCUT2D eigenvalue weighted by molar-refractivity contribution is 6.37. The maximum atomic E-state index is 12.6. The van der Waals surface area contributed by atoms with Gasteiger partial charge in [-0.25, -0.2) is 0 Å². The average molecular weight is 341 g/mol. The number of rotatable bonds is 2. The molecule has 21 heavy (non-hydrogen) atoms. The van der Waals surface area contributed by atoms with Gasteiger partial charge in [-0.15, -0.1) is 0 Å². The zero-order valence-electron chi connectivity index (χ0n) is 9.84. The lowest BCUT2D eigenvalue weighted by Gasteiger charge is -2.11. The highest BCUT2D eigenvalue weighted by Crippen LogP contribution is 2.36. The fraction of sp³-hybridized carbons (Fsp3) is 0.100. The van der Waals surface area contributed by atoms with Crippen molar-refractivity contribution in [2.75, 3.05) is 0 Å². The van der Waals surface area contributed by atoms with Crippen LogP contribution in [0.3, 0.4) is 0 Å². The van der Waals surface area contributed by atoms with Crippen LogP contribution in [-0.4, -0.2) is 21.3 Å². The molecule has 0 fully saturated rings. The normalized spacial score (nSPS) is 12.2. The summed E-state index contributed by atoms with van der Waals surface area (Å²) in [6.07, 6.45) is -2.85. The molecule has 0 spiro atoms. The third-order valence-electron chi connectivity index (χ3n) is 2.37. The van der Waals surface area contributed by atoms with Crippen molar-refractivity contribution in [3.63, 3.8) is 0 Å². The fourth-order valence-corrected chi connectivity index (χ4v) is 2.17. The summed E-state index contributed by atoms with van der Waals surface area (Å²) in [4.78, 5) is 0.819. The van der Waals surface area contributed by atoms with Crippen LogP contribution in [0.25, 0.3) is 5.69 Å². The van der Waals surface area contributed by atoms with E-state index in [4.69, 9.17) is 28.4 Å². The third-order valence-corrected chi connectivity index (χ3v) is 2.95. The second-order valence-electron chi connectivity index (χ2n) is 3.78. The molecular weight excluding hydrogens is 336 g/mol.